The summed E-state index contributed by atoms with van der Waals surface area (Å²) in [6.45, 7) is 32.6. The molecular formula is C66H115N15O18. The fourth-order valence-electron chi connectivity index (χ4n) is 11.1. The molecule has 11 amide bonds. The number of aromatic amines is 2. The monoisotopic (exact) mass is 1410 g/mol. The first-order chi connectivity index (χ1) is 46.2. The molecule has 0 radical (unpaired) electrons. The van der Waals surface area contributed by atoms with E-state index in [0.717, 1.165) is 12.8 Å². The second kappa shape index (κ2) is 43.6. The Morgan fingerprint density at radius 3 is 1.06 bits per heavy atom. The van der Waals surface area contributed by atoms with Crippen molar-refractivity contribution >= 4 is 66.6 Å². The summed E-state index contributed by atoms with van der Waals surface area (Å²) in [5.41, 5.74) is -0.677. The number of amides is 11. The maximum Gasteiger partial charge on any atom is 0.407 e. The van der Waals surface area contributed by atoms with Crippen LogP contribution in [0.5, 0.6) is 0 Å². The first-order valence-electron chi connectivity index (χ1n) is 33.9. The topological polar surface area (TPSA) is 442 Å². The smallest absolute Gasteiger partial charge is 0.407 e. The molecule has 0 aromatic carbocycles. The second-order valence-electron chi connectivity index (χ2n) is 28.9. The molecule has 99 heavy (non-hydrogen) atoms. The first kappa shape index (κ1) is 86.3. The third kappa shape index (κ3) is 42.6. The number of alkyl carbamates (subject to hydrolysis) is 7. The minimum atomic E-state index is -0.936. The van der Waals surface area contributed by atoms with Crippen molar-refractivity contribution in [2.45, 2.75) is 187 Å². The van der Waals surface area contributed by atoms with E-state index in [1.54, 1.807) is 27.7 Å². The number of nitrogens with one attached hydrogen (secondary N) is 13. The summed E-state index contributed by atoms with van der Waals surface area (Å²) in [7, 11) is 1.38. The Hall–Kier alpha value is -8.81. The predicted molar refractivity (Wildman–Crippen MR) is 371 cm³/mol. The van der Waals surface area contributed by atoms with Crippen molar-refractivity contribution in [3.63, 3.8) is 0 Å². The summed E-state index contributed by atoms with van der Waals surface area (Å²) in [6.07, 6.45) is -1.92. The van der Waals surface area contributed by atoms with Crippen LogP contribution in [0.1, 0.15) is 166 Å². The van der Waals surface area contributed by atoms with Crippen molar-refractivity contribution in [3.8, 4) is 0 Å². The molecule has 2 aromatic heterocycles. The molecule has 2 heterocycles. The Morgan fingerprint density at radius 1 is 0.424 bits per heavy atom. The van der Waals surface area contributed by atoms with Crippen LogP contribution in [0.2, 0.25) is 0 Å². The lowest BCUT2D eigenvalue weighted by atomic mass is 9.80. The van der Waals surface area contributed by atoms with Gasteiger partial charge >= 0.3 is 54.7 Å². The average Bonchev–Trinajstić information content (AvgIpc) is 0.913. The first-order valence-corrected chi connectivity index (χ1v) is 33.9. The van der Waals surface area contributed by atoms with Gasteiger partial charge in [0, 0.05) is 89.3 Å². The van der Waals surface area contributed by atoms with Crippen LogP contribution in [0.15, 0.2) is 21.7 Å². The van der Waals surface area contributed by atoms with E-state index in [0.29, 0.717) is 89.2 Å². The number of nitrogens with zero attached hydrogens (tertiary/aromatic N) is 2. The highest BCUT2D eigenvalue weighted by Crippen LogP contribution is 2.32. The third-order valence-corrected chi connectivity index (χ3v) is 15.6. The van der Waals surface area contributed by atoms with E-state index in [9.17, 15) is 52.7 Å². The minimum absolute atomic E-state index is 0.0201. The number of aromatic nitrogens is 4. The van der Waals surface area contributed by atoms with Gasteiger partial charge in [-0.25, -0.2) is 53.1 Å². The average molecular weight is 1410 g/mol. The van der Waals surface area contributed by atoms with E-state index in [-0.39, 0.29) is 114 Å². The molecular weight excluding hydrogens is 1290 g/mol. The molecule has 0 spiro atoms. The van der Waals surface area contributed by atoms with Gasteiger partial charge in [0.05, 0.1) is 6.61 Å². The summed E-state index contributed by atoms with van der Waals surface area (Å²) >= 11 is 0. The van der Waals surface area contributed by atoms with E-state index in [2.05, 4.69) is 106 Å². The van der Waals surface area contributed by atoms with Crippen molar-refractivity contribution in [3.05, 3.63) is 44.2 Å². The van der Waals surface area contributed by atoms with Crippen LogP contribution in [-0.4, -0.2) is 179 Å². The predicted octanol–water partition coefficient (Wildman–Crippen LogP) is 8.43. The molecule has 562 valence electrons. The van der Waals surface area contributed by atoms with E-state index < -0.39 is 73.0 Å². The molecule has 0 saturated heterocycles. The summed E-state index contributed by atoms with van der Waals surface area (Å²) in [5.74, 6) is 0.365. The Morgan fingerprint density at radius 2 is 0.737 bits per heavy atom. The number of ether oxygens (including phenoxy) is 7. The maximum atomic E-state index is 12.7. The number of anilines is 2. The van der Waals surface area contributed by atoms with Crippen molar-refractivity contribution in [1.82, 2.24) is 67.8 Å². The molecule has 2 aromatic rings. The lowest BCUT2D eigenvalue weighted by Gasteiger charge is -2.28. The normalized spacial score (nSPS) is 13.7. The molecule has 0 aliphatic rings. The van der Waals surface area contributed by atoms with Gasteiger partial charge in [0.15, 0.2) is 0 Å². The molecule has 0 aliphatic carbocycles. The van der Waals surface area contributed by atoms with Gasteiger partial charge in [-0.1, -0.05) is 83.1 Å². The number of hydrogen-bond donors (Lipinski definition) is 13. The largest absolute Gasteiger partial charge is 0.449 e. The number of H-pyrrole nitrogens is 2. The summed E-state index contributed by atoms with van der Waals surface area (Å²) in [4.78, 5) is 149. The van der Waals surface area contributed by atoms with Gasteiger partial charge in [-0.2, -0.15) is 0 Å². The molecule has 33 heteroatoms. The highest BCUT2D eigenvalue weighted by atomic mass is 16.6. The fraction of sp³-hybridized carbons (Fsp3) is 0.742. The van der Waals surface area contributed by atoms with Crippen LogP contribution in [0.3, 0.4) is 0 Å². The Balaban J connectivity index is 1.58. The van der Waals surface area contributed by atoms with Crippen LogP contribution in [0, 0.1) is 59.2 Å². The van der Waals surface area contributed by atoms with Crippen LogP contribution >= 0.6 is 0 Å². The van der Waals surface area contributed by atoms with Gasteiger partial charge in [-0.15, -0.1) is 0 Å². The quantitative estimate of drug-likeness (QED) is 0.0277. The highest BCUT2D eigenvalue weighted by molar-refractivity contribution is 5.87. The standard InChI is InChI=1S/C66H115N15O18/c1-41(34-72-54(84)80-52-76-45(5)28-50(82)78-52)30-63(9,10)20-24-69-58(88)94-38-47(7)97-61(91)74-36-43(3)32-65(13,14)19-23-68-57(87)93-27-18-49(99-56(86)67-17)40-96-60(90)71-26-22-66(15,16)33-44(4)37-75-62(92)98-48(8)39-95-59(89)70-25-21-64(11,12)31-42(2)35-73-55(85)81-53-77-46(6)29-51(83)79-53/h28-29,41-44,47-49H,18-27,30-40H2,1-17H3,(H,67,86)(H,68,87)(H,69,88)(H,70,89)(H,71,90)(H,74,91)(H,75,92)(H3,72,76,78,80,82,84)(H3,73,77,79,81,83,85). The number of carbonyl (C=O) groups is 9. The SMILES string of the molecule is CNC(=O)OC(CCOC(=O)NCCC(C)(C)CC(C)CNC(=O)OC(C)COC(=O)NCCC(C)(C)CC(C)CNC(=O)Nc1nc(C)cc(=O)[nH]1)COC(=O)NCCC(C)(C)CC(C)CNC(=O)OC(C)COC(=O)NCCC(C)(C)CC(C)CNC(=O)Nc1nc(C)cc(=O)[nH]1. The van der Waals surface area contributed by atoms with Crippen LogP contribution < -0.4 is 69.6 Å². The van der Waals surface area contributed by atoms with Crippen LogP contribution in [0.25, 0.3) is 0 Å². The number of rotatable bonds is 42. The van der Waals surface area contributed by atoms with Gasteiger partial charge in [-0.05, 0) is 124 Å². The number of carbonyl (C=O) groups excluding carboxylic acids is 9. The van der Waals surface area contributed by atoms with Crippen molar-refractivity contribution < 1.29 is 76.3 Å². The minimum Gasteiger partial charge on any atom is -0.449 e. The van der Waals surface area contributed by atoms with E-state index in [4.69, 9.17) is 33.2 Å². The molecule has 0 saturated carbocycles. The van der Waals surface area contributed by atoms with Crippen LogP contribution in [-0.2, 0) is 33.2 Å². The second-order valence-corrected chi connectivity index (χ2v) is 28.9. The molecule has 0 fully saturated rings. The highest BCUT2D eigenvalue weighted by Gasteiger charge is 2.28. The van der Waals surface area contributed by atoms with E-state index in [1.807, 2.05) is 55.4 Å². The fourth-order valence-corrected chi connectivity index (χ4v) is 11.1. The molecule has 7 unspecified atom stereocenters. The zero-order valence-electron chi connectivity index (χ0n) is 61.3. The van der Waals surface area contributed by atoms with Gasteiger partial charge < -0.3 is 81.0 Å². The maximum absolute atomic E-state index is 12.7. The van der Waals surface area contributed by atoms with Crippen molar-refractivity contribution in [2.75, 3.05) is 96.5 Å². The zero-order chi connectivity index (χ0) is 74.5. The van der Waals surface area contributed by atoms with E-state index >= 15 is 0 Å². The molecule has 7 atom stereocenters. The van der Waals surface area contributed by atoms with Gasteiger partial charge in [0.2, 0.25) is 11.9 Å². The summed E-state index contributed by atoms with van der Waals surface area (Å²) in [5, 5.41) is 29.4. The van der Waals surface area contributed by atoms with Gasteiger partial charge in [0.25, 0.3) is 11.1 Å². The Kier molecular flexibility index (Phi) is 38.0. The van der Waals surface area contributed by atoms with Crippen molar-refractivity contribution in [1.29, 1.82) is 0 Å². The lowest BCUT2D eigenvalue weighted by Crippen LogP contribution is -2.36. The number of hydrogen-bond acceptors (Lipinski definition) is 20. The van der Waals surface area contributed by atoms with Gasteiger partial charge in [-0.3, -0.25) is 30.2 Å². The Labute approximate surface area is 581 Å². The number of urea groups is 2. The molecule has 2 rings (SSSR count). The zero-order valence-corrected chi connectivity index (χ0v) is 61.3. The van der Waals surface area contributed by atoms with E-state index in [1.165, 1.54) is 19.2 Å². The van der Waals surface area contributed by atoms with Gasteiger partial charge in [0.1, 0.15) is 38.1 Å². The van der Waals surface area contributed by atoms with Crippen molar-refractivity contribution in [2.24, 2.45) is 45.3 Å². The lowest BCUT2D eigenvalue weighted by molar-refractivity contribution is 0.0294. The third-order valence-electron chi connectivity index (χ3n) is 15.6. The molecule has 0 aliphatic heterocycles. The molecule has 13 N–H and O–H groups in total. The summed E-state index contributed by atoms with van der Waals surface area (Å²) < 4.78 is 37.4. The van der Waals surface area contributed by atoms with Crippen LogP contribution in [0.4, 0.5) is 55.0 Å². The molecule has 0 bridgehead atoms. The summed E-state index contributed by atoms with van der Waals surface area (Å²) in [6, 6.07) is 1.66. The Bertz CT molecular complexity index is 3000. The molecule has 33 nitrogen and oxygen atoms in total. The number of aryl methyl sites for hydroxylation is 2.